The lowest BCUT2D eigenvalue weighted by atomic mass is 10.0. The monoisotopic (exact) mass is 389 g/mol. The van der Waals surface area contributed by atoms with Crippen molar-refractivity contribution in [2.45, 2.75) is 47.1 Å². The van der Waals surface area contributed by atoms with E-state index in [1.165, 1.54) is 10.7 Å². The summed E-state index contributed by atoms with van der Waals surface area (Å²) >= 11 is 0. The Balaban J connectivity index is 1.95. The van der Waals surface area contributed by atoms with Gasteiger partial charge in [0.15, 0.2) is 0 Å². The Kier molecular flexibility index (Phi) is 5.97. The highest BCUT2D eigenvalue weighted by molar-refractivity contribution is 5.95. The zero-order valence-corrected chi connectivity index (χ0v) is 17.6. The van der Waals surface area contributed by atoms with Crippen LogP contribution in [-0.2, 0) is 4.79 Å². The van der Waals surface area contributed by atoms with Crippen LogP contribution in [0.25, 0.3) is 11.3 Å². The summed E-state index contributed by atoms with van der Waals surface area (Å²) in [6.07, 6.45) is 0.458. The molecule has 5 nitrogen and oxygen atoms in total. The Labute approximate surface area is 171 Å². The standard InChI is InChI=1S/C24H27N3O2/c1-6-21(24(29)25-23-17(4)13-16(3)14-18(23)5)27-22(28)12-11-20(26-27)19-9-7-15(2)8-10-19/h7-14,21H,6H2,1-5H3,(H,25,29)/t21-/m1/s1. The van der Waals surface area contributed by atoms with Crippen molar-refractivity contribution in [2.24, 2.45) is 0 Å². The number of aryl methyl sites for hydroxylation is 4. The zero-order chi connectivity index (χ0) is 21.1. The van der Waals surface area contributed by atoms with E-state index in [2.05, 4.69) is 10.4 Å². The number of hydrogen-bond donors (Lipinski definition) is 1. The highest BCUT2D eigenvalue weighted by Gasteiger charge is 2.22. The quantitative estimate of drug-likeness (QED) is 0.686. The van der Waals surface area contributed by atoms with Crippen molar-refractivity contribution in [3.63, 3.8) is 0 Å². The fraction of sp³-hybridized carbons (Fsp3) is 0.292. The fourth-order valence-electron chi connectivity index (χ4n) is 3.58. The molecule has 1 N–H and O–H groups in total. The van der Waals surface area contributed by atoms with Gasteiger partial charge in [0.05, 0.1) is 5.69 Å². The van der Waals surface area contributed by atoms with Gasteiger partial charge in [-0.3, -0.25) is 9.59 Å². The highest BCUT2D eigenvalue weighted by atomic mass is 16.2. The molecule has 0 fully saturated rings. The smallest absolute Gasteiger partial charge is 0.267 e. The van der Waals surface area contributed by atoms with Crippen LogP contribution in [-0.4, -0.2) is 15.7 Å². The number of nitrogens with one attached hydrogen (secondary N) is 1. The Bertz CT molecular complexity index is 1070. The zero-order valence-electron chi connectivity index (χ0n) is 17.6. The first-order valence-electron chi connectivity index (χ1n) is 9.85. The maximum absolute atomic E-state index is 13.1. The van der Waals surface area contributed by atoms with E-state index >= 15 is 0 Å². The van der Waals surface area contributed by atoms with Gasteiger partial charge in [0.1, 0.15) is 6.04 Å². The number of nitrogens with zero attached hydrogens (tertiary/aromatic N) is 2. The maximum Gasteiger partial charge on any atom is 0.267 e. The molecule has 150 valence electrons. The van der Waals surface area contributed by atoms with Crippen molar-refractivity contribution in [2.75, 3.05) is 5.32 Å². The van der Waals surface area contributed by atoms with Gasteiger partial charge in [0, 0.05) is 17.3 Å². The predicted molar refractivity (Wildman–Crippen MR) is 117 cm³/mol. The molecule has 0 spiro atoms. The van der Waals surface area contributed by atoms with Crippen LogP contribution in [0, 0.1) is 27.7 Å². The van der Waals surface area contributed by atoms with Crippen molar-refractivity contribution in [1.82, 2.24) is 9.78 Å². The van der Waals surface area contributed by atoms with Gasteiger partial charge in [0.2, 0.25) is 5.91 Å². The first-order valence-corrected chi connectivity index (χ1v) is 9.85. The molecule has 0 unspecified atom stereocenters. The molecule has 1 heterocycles. The molecule has 0 saturated carbocycles. The molecule has 0 aliphatic rings. The summed E-state index contributed by atoms with van der Waals surface area (Å²) in [5, 5.41) is 7.52. The number of carbonyl (C=O) groups excluding carboxylic acids is 1. The van der Waals surface area contributed by atoms with Gasteiger partial charge in [-0.1, -0.05) is 54.4 Å². The second kappa shape index (κ2) is 8.43. The van der Waals surface area contributed by atoms with Crippen LogP contribution in [0.2, 0.25) is 0 Å². The fourth-order valence-corrected chi connectivity index (χ4v) is 3.58. The number of hydrogen-bond acceptors (Lipinski definition) is 3. The minimum absolute atomic E-state index is 0.238. The summed E-state index contributed by atoms with van der Waals surface area (Å²) in [6, 6.07) is 14.5. The molecule has 1 aromatic heterocycles. The third-order valence-corrected chi connectivity index (χ3v) is 5.08. The molecule has 3 rings (SSSR count). The van der Waals surface area contributed by atoms with Crippen LogP contribution in [0.15, 0.2) is 53.3 Å². The van der Waals surface area contributed by atoms with E-state index in [9.17, 15) is 9.59 Å². The third-order valence-electron chi connectivity index (χ3n) is 5.08. The van der Waals surface area contributed by atoms with Crippen molar-refractivity contribution in [3.05, 3.63) is 81.1 Å². The first kappa shape index (κ1) is 20.5. The Morgan fingerprint density at radius 1 is 0.966 bits per heavy atom. The summed E-state index contributed by atoms with van der Waals surface area (Å²) in [6.45, 7) is 9.87. The van der Waals surface area contributed by atoms with E-state index in [1.807, 2.05) is 71.0 Å². The molecule has 1 amide bonds. The molecule has 0 radical (unpaired) electrons. The summed E-state index contributed by atoms with van der Waals surface area (Å²) in [7, 11) is 0. The number of rotatable bonds is 5. The van der Waals surface area contributed by atoms with Crippen molar-refractivity contribution >= 4 is 11.6 Å². The third kappa shape index (κ3) is 4.45. The van der Waals surface area contributed by atoms with Gasteiger partial charge >= 0.3 is 0 Å². The molecule has 2 aromatic carbocycles. The topological polar surface area (TPSA) is 64.0 Å². The van der Waals surface area contributed by atoms with Gasteiger partial charge in [0.25, 0.3) is 5.56 Å². The average Bonchev–Trinajstić information content (AvgIpc) is 2.67. The van der Waals surface area contributed by atoms with E-state index in [0.29, 0.717) is 12.1 Å². The van der Waals surface area contributed by atoms with E-state index in [-0.39, 0.29) is 11.5 Å². The lowest BCUT2D eigenvalue weighted by Gasteiger charge is -2.19. The van der Waals surface area contributed by atoms with Crippen LogP contribution in [0.5, 0.6) is 0 Å². The van der Waals surface area contributed by atoms with E-state index in [0.717, 1.165) is 33.5 Å². The van der Waals surface area contributed by atoms with E-state index in [4.69, 9.17) is 0 Å². The molecule has 5 heteroatoms. The van der Waals surface area contributed by atoms with Gasteiger partial charge < -0.3 is 5.32 Å². The SMILES string of the molecule is CC[C@H](C(=O)Nc1c(C)cc(C)cc1C)n1nc(-c2ccc(C)cc2)ccc1=O. The van der Waals surface area contributed by atoms with Crippen molar-refractivity contribution in [3.8, 4) is 11.3 Å². The summed E-state index contributed by atoms with van der Waals surface area (Å²) < 4.78 is 1.30. The number of aromatic nitrogens is 2. The second-order valence-electron chi connectivity index (χ2n) is 7.55. The number of amides is 1. The largest absolute Gasteiger partial charge is 0.324 e. The van der Waals surface area contributed by atoms with Crippen molar-refractivity contribution < 1.29 is 4.79 Å². The minimum Gasteiger partial charge on any atom is -0.324 e. The summed E-state index contributed by atoms with van der Waals surface area (Å²) in [5.41, 5.74) is 6.37. The average molecular weight is 389 g/mol. The Morgan fingerprint density at radius 2 is 1.59 bits per heavy atom. The minimum atomic E-state index is -0.687. The summed E-state index contributed by atoms with van der Waals surface area (Å²) in [4.78, 5) is 25.6. The molecule has 0 aliphatic carbocycles. The van der Waals surface area contributed by atoms with Gasteiger partial charge in [-0.25, -0.2) is 4.68 Å². The van der Waals surface area contributed by atoms with Gasteiger partial charge in [-0.05, 0) is 51.3 Å². The van der Waals surface area contributed by atoms with Crippen LogP contribution in [0.1, 0.15) is 41.6 Å². The molecule has 0 aliphatic heterocycles. The lowest BCUT2D eigenvalue weighted by molar-refractivity contribution is -0.119. The number of benzene rings is 2. The number of anilines is 1. The molecular weight excluding hydrogens is 362 g/mol. The highest BCUT2D eigenvalue weighted by Crippen LogP contribution is 2.24. The normalized spacial score (nSPS) is 11.9. The van der Waals surface area contributed by atoms with E-state index < -0.39 is 6.04 Å². The summed E-state index contributed by atoms with van der Waals surface area (Å²) in [5.74, 6) is -0.238. The lowest BCUT2D eigenvalue weighted by Crippen LogP contribution is -2.34. The van der Waals surface area contributed by atoms with Gasteiger partial charge in [-0.2, -0.15) is 5.10 Å². The maximum atomic E-state index is 13.1. The first-order chi connectivity index (χ1) is 13.8. The van der Waals surface area contributed by atoms with Crippen LogP contribution in [0.4, 0.5) is 5.69 Å². The molecular formula is C24H27N3O2. The van der Waals surface area contributed by atoms with Crippen LogP contribution in [0.3, 0.4) is 0 Å². The van der Waals surface area contributed by atoms with E-state index in [1.54, 1.807) is 6.07 Å². The van der Waals surface area contributed by atoms with Gasteiger partial charge in [-0.15, -0.1) is 0 Å². The molecule has 0 saturated heterocycles. The number of carbonyl (C=O) groups is 1. The molecule has 0 bridgehead atoms. The molecule has 29 heavy (non-hydrogen) atoms. The Morgan fingerprint density at radius 3 is 2.17 bits per heavy atom. The van der Waals surface area contributed by atoms with Crippen molar-refractivity contribution in [1.29, 1.82) is 0 Å². The predicted octanol–water partition coefficient (Wildman–Crippen LogP) is 4.73. The van der Waals surface area contributed by atoms with Crippen LogP contribution >= 0.6 is 0 Å². The molecule has 3 aromatic rings. The van der Waals surface area contributed by atoms with Crippen LogP contribution < -0.4 is 10.9 Å². The second-order valence-corrected chi connectivity index (χ2v) is 7.55. The molecule has 1 atom stereocenters. The Hall–Kier alpha value is -3.21.